The molecule has 2 amide bonds. The van der Waals surface area contributed by atoms with Crippen LogP contribution in [-0.2, 0) is 25.5 Å². The molecule has 2 saturated heterocycles. The second-order valence-electron chi connectivity index (χ2n) is 9.83. The Kier molecular flexibility index (Phi) is 8.04. The fourth-order valence-corrected chi connectivity index (χ4v) is 5.67. The van der Waals surface area contributed by atoms with E-state index in [1.54, 1.807) is 6.92 Å². The summed E-state index contributed by atoms with van der Waals surface area (Å²) >= 11 is 0. The Bertz CT molecular complexity index is 1380. The number of likely N-dealkylation sites (tertiary alicyclic amines) is 1. The number of carbonyl (C=O) groups is 2. The van der Waals surface area contributed by atoms with Gasteiger partial charge >= 0.3 is 6.18 Å². The van der Waals surface area contributed by atoms with Crippen molar-refractivity contribution >= 4 is 21.7 Å². The molecule has 13 heteroatoms. The second kappa shape index (κ2) is 10.8. The van der Waals surface area contributed by atoms with Gasteiger partial charge in [0, 0.05) is 29.3 Å². The molecule has 0 saturated carbocycles. The van der Waals surface area contributed by atoms with Crippen molar-refractivity contribution < 1.29 is 44.7 Å². The zero-order chi connectivity index (χ0) is 28.7. The van der Waals surface area contributed by atoms with E-state index in [-0.39, 0.29) is 35.7 Å². The first-order valence-corrected chi connectivity index (χ1v) is 14.2. The van der Waals surface area contributed by atoms with Crippen molar-refractivity contribution in [1.29, 1.82) is 0 Å². The summed E-state index contributed by atoms with van der Waals surface area (Å²) < 4.78 is 97.3. The van der Waals surface area contributed by atoms with Crippen LogP contribution in [0.25, 0.3) is 0 Å². The Hall–Kier alpha value is -3.06. The number of carbonyl (C=O) groups excluding carboxylic acids is 2. The molecule has 1 N–H and O–H groups in total. The third-order valence-electron chi connectivity index (χ3n) is 7.15. The van der Waals surface area contributed by atoms with Gasteiger partial charge in [0.2, 0.25) is 5.91 Å². The summed E-state index contributed by atoms with van der Waals surface area (Å²) in [5, 5.41) is 2.70. The van der Waals surface area contributed by atoms with Gasteiger partial charge in [0.25, 0.3) is 5.91 Å². The first-order valence-electron chi connectivity index (χ1n) is 12.3. The molecule has 2 aliphatic rings. The smallest absolute Gasteiger partial charge is 0.381 e. The average Bonchev–Trinajstić information content (AvgIpc) is 3.24. The van der Waals surface area contributed by atoms with Crippen LogP contribution in [0, 0.1) is 17.6 Å². The molecule has 39 heavy (non-hydrogen) atoms. The van der Waals surface area contributed by atoms with Gasteiger partial charge < -0.3 is 15.0 Å². The van der Waals surface area contributed by atoms with Crippen LogP contribution < -0.4 is 5.32 Å². The van der Waals surface area contributed by atoms with Gasteiger partial charge in [-0.15, -0.1) is 0 Å². The minimum atomic E-state index is -4.74. The molecule has 0 aromatic heterocycles. The van der Waals surface area contributed by atoms with Crippen molar-refractivity contribution in [2.75, 3.05) is 19.5 Å². The summed E-state index contributed by atoms with van der Waals surface area (Å²) in [6.45, 7) is 2.09. The maximum Gasteiger partial charge on any atom is 0.416 e. The molecule has 212 valence electrons. The summed E-state index contributed by atoms with van der Waals surface area (Å²) in [6.07, 6.45) is -2.75. The number of hydrogen-bond acceptors (Lipinski definition) is 5. The number of hydrogen-bond donors (Lipinski definition) is 1. The zero-order valence-electron chi connectivity index (χ0n) is 21.1. The fourth-order valence-electron chi connectivity index (χ4n) is 5.00. The minimum Gasteiger partial charge on any atom is -0.381 e. The van der Waals surface area contributed by atoms with Gasteiger partial charge in [-0.25, -0.2) is 17.2 Å². The van der Waals surface area contributed by atoms with E-state index < -0.39 is 69.1 Å². The van der Waals surface area contributed by atoms with E-state index in [1.165, 1.54) is 4.90 Å². The summed E-state index contributed by atoms with van der Waals surface area (Å²) in [7, 11) is -3.83. The summed E-state index contributed by atoms with van der Waals surface area (Å²) in [5.74, 6) is -3.88. The third-order valence-corrected chi connectivity index (χ3v) is 8.25. The van der Waals surface area contributed by atoms with Crippen LogP contribution in [0.2, 0.25) is 0 Å². The minimum absolute atomic E-state index is 0.143. The van der Waals surface area contributed by atoms with Crippen LogP contribution in [0.1, 0.15) is 53.7 Å². The van der Waals surface area contributed by atoms with Gasteiger partial charge in [-0.05, 0) is 49.6 Å². The molecule has 2 aliphatic heterocycles. The number of sulfone groups is 1. The number of halogens is 5. The SMILES string of the molecule is CC[C@@H]1CC[C@H](C(=O)NC(c2ccc(C(F)(F)F)cc2F)C2COC2)N1C(=O)c1cc(F)cc(S(C)(=O)=O)c1. The molecule has 0 aliphatic carbocycles. The Labute approximate surface area is 222 Å². The molecule has 3 atom stereocenters. The van der Waals surface area contributed by atoms with Gasteiger partial charge in [0.1, 0.15) is 17.7 Å². The number of nitrogens with one attached hydrogen (secondary N) is 1. The summed E-state index contributed by atoms with van der Waals surface area (Å²) in [4.78, 5) is 27.9. The number of ether oxygens (including phenoxy) is 1. The first-order chi connectivity index (χ1) is 18.2. The van der Waals surface area contributed by atoms with Crippen LogP contribution in [0.4, 0.5) is 22.0 Å². The number of nitrogens with zero attached hydrogens (tertiary/aromatic N) is 1. The van der Waals surface area contributed by atoms with Crippen molar-refractivity contribution in [1.82, 2.24) is 10.2 Å². The molecular formula is C26H27F5N2O5S. The van der Waals surface area contributed by atoms with E-state index >= 15 is 0 Å². The Morgan fingerprint density at radius 3 is 2.33 bits per heavy atom. The molecule has 2 aromatic carbocycles. The van der Waals surface area contributed by atoms with Crippen LogP contribution >= 0.6 is 0 Å². The van der Waals surface area contributed by atoms with Crippen LogP contribution in [0.5, 0.6) is 0 Å². The zero-order valence-corrected chi connectivity index (χ0v) is 21.9. The average molecular weight is 575 g/mol. The Balaban J connectivity index is 1.63. The molecular weight excluding hydrogens is 547 g/mol. The first kappa shape index (κ1) is 28.9. The van der Waals surface area contributed by atoms with Gasteiger partial charge in [0.05, 0.1) is 29.7 Å². The van der Waals surface area contributed by atoms with Crippen molar-refractivity contribution in [3.05, 3.63) is 64.7 Å². The predicted molar refractivity (Wildman–Crippen MR) is 129 cm³/mol. The van der Waals surface area contributed by atoms with Crippen LogP contribution in [0.15, 0.2) is 41.3 Å². The van der Waals surface area contributed by atoms with E-state index in [2.05, 4.69) is 5.32 Å². The number of alkyl halides is 3. The lowest BCUT2D eigenvalue weighted by Gasteiger charge is -2.36. The highest BCUT2D eigenvalue weighted by Gasteiger charge is 2.43. The molecule has 2 fully saturated rings. The van der Waals surface area contributed by atoms with Crippen molar-refractivity contribution in [3.63, 3.8) is 0 Å². The van der Waals surface area contributed by atoms with Crippen LogP contribution in [-0.4, -0.2) is 56.7 Å². The lowest BCUT2D eigenvalue weighted by molar-refractivity contribution is -0.138. The number of amides is 2. The highest BCUT2D eigenvalue weighted by atomic mass is 32.2. The van der Waals surface area contributed by atoms with E-state index in [0.29, 0.717) is 18.9 Å². The lowest BCUT2D eigenvalue weighted by Crippen LogP contribution is -2.52. The van der Waals surface area contributed by atoms with Crippen LogP contribution in [0.3, 0.4) is 0 Å². The number of rotatable bonds is 7. The van der Waals surface area contributed by atoms with E-state index in [0.717, 1.165) is 36.6 Å². The molecule has 0 radical (unpaired) electrons. The lowest BCUT2D eigenvalue weighted by atomic mass is 9.90. The third kappa shape index (κ3) is 6.08. The van der Waals surface area contributed by atoms with Crippen molar-refractivity contribution in [3.8, 4) is 0 Å². The standard InChI is InChI=1S/C26H27F5N2O5S/c1-3-18-5-7-22(33(18)25(35)14-8-17(27)11-19(9-14)39(2,36)37)24(34)32-23(15-12-38-13-15)20-6-4-16(10-21(20)28)26(29,30)31/h4,6,8-11,15,18,22-23H,3,5,7,12-13H2,1-2H3,(H,32,34)/t18-,22-,23?/m1/s1. The summed E-state index contributed by atoms with van der Waals surface area (Å²) in [6, 6.07) is 2.34. The fraction of sp³-hybridized carbons (Fsp3) is 0.462. The molecule has 0 spiro atoms. The normalized spacial score (nSPS) is 20.9. The molecule has 7 nitrogen and oxygen atoms in total. The highest BCUT2D eigenvalue weighted by molar-refractivity contribution is 7.90. The topological polar surface area (TPSA) is 92.8 Å². The van der Waals surface area contributed by atoms with E-state index in [4.69, 9.17) is 4.74 Å². The number of benzene rings is 2. The Morgan fingerprint density at radius 1 is 1.10 bits per heavy atom. The molecule has 2 heterocycles. The largest absolute Gasteiger partial charge is 0.416 e. The molecule has 2 aromatic rings. The van der Waals surface area contributed by atoms with Gasteiger partial charge in [-0.2, -0.15) is 13.2 Å². The monoisotopic (exact) mass is 574 g/mol. The maximum absolute atomic E-state index is 14.9. The van der Waals surface area contributed by atoms with E-state index in [1.807, 2.05) is 0 Å². The van der Waals surface area contributed by atoms with Gasteiger partial charge in [0.15, 0.2) is 9.84 Å². The Morgan fingerprint density at radius 2 is 1.79 bits per heavy atom. The van der Waals surface area contributed by atoms with Gasteiger partial charge in [-0.3, -0.25) is 9.59 Å². The molecule has 4 rings (SSSR count). The maximum atomic E-state index is 14.9. The van der Waals surface area contributed by atoms with E-state index in [9.17, 15) is 40.0 Å². The van der Waals surface area contributed by atoms with Crippen molar-refractivity contribution in [2.45, 2.75) is 55.4 Å². The van der Waals surface area contributed by atoms with Gasteiger partial charge in [-0.1, -0.05) is 13.0 Å². The predicted octanol–water partition coefficient (Wildman–Crippen LogP) is 4.27. The molecule has 0 bridgehead atoms. The highest BCUT2D eigenvalue weighted by Crippen LogP contribution is 2.36. The molecule has 1 unspecified atom stereocenters. The quantitative estimate of drug-likeness (QED) is 0.499. The summed E-state index contributed by atoms with van der Waals surface area (Å²) in [5.41, 5.74) is -1.55. The van der Waals surface area contributed by atoms with Crippen molar-refractivity contribution in [2.24, 2.45) is 5.92 Å². The second-order valence-corrected chi connectivity index (χ2v) is 11.8.